The van der Waals surface area contributed by atoms with E-state index in [1.165, 1.54) is 12.8 Å². The molecule has 1 aromatic carbocycles. The highest BCUT2D eigenvalue weighted by atomic mass is 16.1. The fourth-order valence-electron chi connectivity index (χ4n) is 2.22. The van der Waals surface area contributed by atoms with E-state index in [0.29, 0.717) is 6.04 Å². The van der Waals surface area contributed by atoms with Crippen molar-refractivity contribution in [2.75, 3.05) is 5.32 Å². The van der Waals surface area contributed by atoms with Crippen LogP contribution in [0.4, 0.5) is 5.69 Å². The zero-order chi connectivity index (χ0) is 12.5. The minimum absolute atomic E-state index is 0.109. The molecular weight excluding hydrogens is 226 g/mol. The van der Waals surface area contributed by atoms with Crippen LogP contribution in [0.1, 0.15) is 19.8 Å². The van der Waals surface area contributed by atoms with E-state index in [0.717, 1.165) is 17.3 Å². The van der Waals surface area contributed by atoms with Crippen molar-refractivity contribution in [3.63, 3.8) is 0 Å². The average Bonchev–Trinajstić information content (AvgIpc) is 3.14. The molecule has 0 aliphatic heterocycles. The van der Waals surface area contributed by atoms with Crippen LogP contribution in [0.3, 0.4) is 0 Å². The SMILES string of the molecule is CC(Nc1ccc(-n2cc[nH]c2=O)cc1)C1CC1. The summed E-state index contributed by atoms with van der Waals surface area (Å²) < 4.78 is 1.59. The number of aromatic amines is 1. The van der Waals surface area contributed by atoms with Crippen molar-refractivity contribution < 1.29 is 0 Å². The molecule has 1 fully saturated rings. The Morgan fingerprint density at radius 2 is 2.06 bits per heavy atom. The Balaban J connectivity index is 1.76. The minimum Gasteiger partial charge on any atom is -0.382 e. The standard InChI is InChI=1S/C14H17N3O/c1-10(11-2-3-11)16-12-4-6-13(7-5-12)17-9-8-15-14(17)18/h4-11,16H,2-3H2,1H3,(H,15,18). The van der Waals surface area contributed by atoms with Crippen LogP contribution in [0, 0.1) is 5.92 Å². The summed E-state index contributed by atoms with van der Waals surface area (Å²) in [5.41, 5.74) is 1.88. The van der Waals surface area contributed by atoms with Gasteiger partial charge in [-0.25, -0.2) is 4.79 Å². The molecule has 0 saturated heterocycles. The molecule has 1 aliphatic rings. The molecule has 2 N–H and O–H groups in total. The van der Waals surface area contributed by atoms with Crippen LogP contribution < -0.4 is 11.0 Å². The molecule has 4 nitrogen and oxygen atoms in total. The topological polar surface area (TPSA) is 49.8 Å². The first-order chi connectivity index (χ1) is 8.74. The number of rotatable bonds is 4. The van der Waals surface area contributed by atoms with Crippen molar-refractivity contribution in [3.8, 4) is 5.69 Å². The van der Waals surface area contributed by atoms with Gasteiger partial charge in [0, 0.05) is 24.1 Å². The van der Waals surface area contributed by atoms with Crippen LogP contribution in [-0.4, -0.2) is 15.6 Å². The number of nitrogens with one attached hydrogen (secondary N) is 2. The smallest absolute Gasteiger partial charge is 0.330 e. The number of anilines is 1. The highest BCUT2D eigenvalue weighted by Gasteiger charge is 2.27. The molecule has 1 heterocycles. The molecule has 1 aromatic heterocycles. The summed E-state index contributed by atoms with van der Waals surface area (Å²) in [5, 5.41) is 3.50. The Bertz CT molecular complexity index is 578. The van der Waals surface area contributed by atoms with Crippen molar-refractivity contribution in [3.05, 3.63) is 47.1 Å². The van der Waals surface area contributed by atoms with Gasteiger partial charge in [-0.05, 0) is 49.9 Å². The van der Waals surface area contributed by atoms with Gasteiger partial charge < -0.3 is 10.3 Å². The number of H-pyrrole nitrogens is 1. The predicted octanol–water partition coefficient (Wildman–Crippen LogP) is 2.38. The molecule has 0 spiro atoms. The van der Waals surface area contributed by atoms with Crippen molar-refractivity contribution in [2.24, 2.45) is 5.92 Å². The van der Waals surface area contributed by atoms with E-state index in [9.17, 15) is 4.79 Å². The molecule has 2 aromatic rings. The molecule has 1 unspecified atom stereocenters. The van der Waals surface area contributed by atoms with Crippen molar-refractivity contribution in [1.29, 1.82) is 0 Å². The Morgan fingerprint density at radius 1 is 1.33 bits per heavy atom. The third kappa shape index (κ3) is 2.18. The summed E-state index contributed by atoms with van der Waals surface area (Å²) in [6, 6.07) is 8.49. The Hall–Kier alpha value is -1.97. The molecular formula is C14H17N3O. The quantitative estimate of drug-likeness (QED) is 0.866. The van der Waals surface area contributed by atoms with E-state index in [4.69, 9.17) is 0 Å². The summed E-state index contributed by atoms with van der Waals surface area (Å²) in [7, 11) is 0. The number of benzene rings is 1. The lowest BCUT2D eigenvalue weighted by Gasteiger charge is -2.14. The second-order valence-electron chi connectivity index (χ2n) is 4.95. The van der Waals surface area contributed by atoms with Crippen LogP contribution in [0.15, 0.2) is 41.5 Å². The van der Waals surface area contributed by atoms with Gasteiger partial charge in [0.2, 0.25) is 0 Å². The van der Waals surface area contributed by atoms with Crippen LogP contribution >= 0.6 is 0 Å². The van der Waals surface area contributed by atoms with E-state index in [-0.39, 0.29) is 5.69 Å². The molecule has 0 amide bonds. The Kier molecular flexibility index (Phi) is 2.70. The molecule has 1 saturated carbocycles. The fraction of sp³-hybridized carbons (Fsp3) is 0.357. The zero-order valence-corrected chi connectivity index (χ0v) is 10.4. The molecule has 0 radical (unpaired) electrons. The first-order valence-corrected chi connectivity index (χ1v) is 6.37. The minimum atomic E-state index is -0.109. The number of hydrogen-bond acceptors (Lipinski definition) is 2. The summed E-state index contributed by atoms with van der Waals surface area (Å²) in [6.45, 7) is 2.22. The lowest BCUT2D eigenvalue weighted by molar-refractivity contribution is 0.694. The van der Waals surface area contributed by atoms with Crippen molar-refractivity contribution >= 4 is 5.69 Å². The van der Waals surface area contributed by atoms with Crippen LogP contribution in [0.25, 0.3) is 5.69 Å². The van der Waals surface area contributed by atoms with E-state index >= 15 is 0 Å². The van der Waals surface area contributed by atoms with Crippen LogP contribution in [0.5, 0.6) is 0 Å². The summed E-state index contributed by atoms with van der Waals surface area (Å²) in [6.07, 6.45) is 6.05. The molecule has 1 atom stereocenters. The molecule has 4 heteroatoms. The Morgan fingerprint density at radius 3 is 2.61 bits per heavy atom. The molecule has 3 rings (SSSR count). The van der Waals surface area contributed by atoms with Gasteiger partial charge in [0.25, 0.3) is 0 Å². The predicted molar refractivity (Wildman–Crippen MR) is 72.2 cm³/mol. The van der Waals surface area contributed by atoms with Crippen LogP contribution in [0.2, 0.25) is 0 Å². The van der Waals surface area contributed by atoms with Gasteiger partial charge in [0.1, 0.15) is 0 Å². The second-order valence-corrected chi connectivity index (χ2v) is 4.95. The maximum Gasteiger partial charge on any atom is 0.330 e. The van der Waals surface area contributed by atoms with E-state index in [1.54, 1.807) is 17.0 Å². The summed E-state index contributed by atoms with van der Waals surface area (Å²) >= 11 is 0. The first kappa shape index (κ1) is 11.1. The van der Waals surface area contributed by atoms with Crippen LogP contribution in [-0.2, 0) is 0 Å². The number of hydrogen-bond donors (Lipinski definition) is 2. The number of imidazole rings is 1. The van der Waals surface area contributed by atoms with Gasteiger partial charge in [-0.3, -0.25) is 4.57 Å². The average molecular weight is 243 g/mol. The second kappa shape index (κ2) is 4.37. The third-order valence-electron chi connectivity index (χ3n) is 3.52. The summed E-state index contributed by atoms with van der Waals surface area (Å²) in [5.74, 6) is 0.831. The maximum atomic E-state index is 11.5. The fourth-order valence-corrected chi connectivity index (χ4v) is 2.22. The van der Waals surface area contributed by atoms with Gasteiger partial charge in [-0.1, -0.05) is 0 Å². The molecule has 18 heavy (non-hydrogen) atoms. The monoisotopic (exact) mass is 243 g/mol. The van der Waals surface area contributed by atoms with Crippen molar-refractivity contribution in [1.82, 2.24) is 9.55 Å². The maximum absolute atomic E-state index is 11.5. The molecule has 1 aliphatic carbocycles. The lowest BCUT2D eigenvalue weighted by Crippen LogP contribution is -2.17. The number of nitrogens with zero attached hydrogens (tertiary/aromatic N) is 1. The van der Waals surface area contributed by atoms with Gasteiger partial charge in [0.05, 0.1) is 5.69 Å². The van der Waals surface area contributed by atoms with E-state index in [1.807, 2.05) is 24.3 Å². The van der Waals surface area contributed by atoms with E-state index < -0.39 is 0 Å². The van der Waals surface area contributed by atoms with Gasteiger partial charge >= 0.3 is 5.69 Å². The first-order valence-electron chi connectivity index (χ1n) is 6.37. The third-order valence-corrected chi connectivity index (χ3v) is 3.52. The van der Waals surface area contributed by atoms with Gasteiger partial charge in [-0.2, -0.15) is 0 Å². The Labute approximate surface area is 106 Å². The summed E-state index contributed by atoms with van der Waals surface area (Å²) in [4.78, 5) is 14.1. The van der Waals surface area contributed by atoms with E-state index in [2.05, 4.69) is 17.2 Å². The van der Waals surface area contributed by atoms with Crippen molar-refractivity contribution in [2.45, 2.75) is 25.8 Å². The number of aromatic nitrogens is 2. The molecule has 0 bridgehead atoms. The highest BCUT2D eigenvalue weighted by molar-refractivity contribution is 5.49. The highest BCUT2D eigenvalue weighted by Crippen LogP contribution is 2.33. The zero-order valence-electron chi connectivity index (χ0n) is 10.4. The normalized spacial score (nSPS) is 16.5. The van der Waals surface area contributed by atoms with Gasteiger partial charge in [-0.15, -0.1) is 0 Å². The largest absolute Gasteiger partial charge is 0.382 e. The van der Waals surface area contributed by atoms with Gasteiger partial charge in [0.15, 0.2) is 0 Å². The molecule has 94 valence electrons. The lowest BCUT2D eigenvalue weighted by atomic mass is 10.2.